The van der Waals surface area contributed by atoms with E-state index >= 15 is 48.3 Å². The molecule has 74 heavy (non-hydrogen) atoms. The van der Waals surface area contributed by atoms with Crippen molar-refractivity contribution in [1.29, 1.82) is 10.5 Å². The van der Waals surface area contributed by atoms with Crippen molar-refractivity contribution in [1.82, 2.24) is 0 Å². The number of hydrogen-bond donors (Lipinski definition) is 0. The second-order valence-corrected chi connectivity index (χ2v) is 14.9. The largest absolute Gasteiger partial charge is 0.206 e. The van der Waals surface area contributed by atoms with E-state index in [4.69, 9.17) is 0 Å². The van der Waals surface area contributed by atoms with Crippen LogP contribution in [0.1, 0.15) is 29.2 Å². The second kappa shape index (κ2) is 18.3. The van der Waals surface area contributed by atoms with Gasteiger partial charge in [-0.2, -0.15) is 10.5 Å². The van der Waals surface area contributed by atoms with Crippen molar-refractivity contribution in [2.75, 3.05) is 0 Å². The maximum atomic E-state index is 16.4. The summed E-state index contributed by atoms with van der Waals surface area (Å²) in [6.07, 6.45) is 0. The van der Waals surface area contributed by atoms with Gasteiger partial charge in [0.05, 0.1) is 55.7 Å². The molecule has 0 aliphatic heterocycles. The van der Waals surface area contributed by atoms with Gasteiger partial charge in [0.1, 0.15) is 18.0 Å². The minimum Gasteiger partial charge on any atom is -0.206 e. The lowest BCUT2D eigenvalue weighted by atomic mass is 9.92. The molecule has 1 aliphatic carbocycles. The monoisotopic (exact) mass is 1080 g/mol. The molecule has 0 amide bonds. The van der Waals surface area contributed by atoms with E-state index in [1.165, 1.54) is 0 Å². The van der Waals surface area contributed by atoms with E-state index < -0.39 is 240 Å². The molecule has 0 aromatic heterocycles. The number of allylic oxidation sites excluding steroid dienone is 6. The van der Waals surface area contributed by atoms with E-state index in [1.54, 1.807) is 0 Å². The number of rotatable bonds is 6. The maximum absolute atomic E-state index is 16.4. The van der Waals surface area contributed by atoms with E-state index in [0.29, 0.717) is 0 Å². The molecule has 0 N–H and O–H groups in total. The van der Waals surface area contributed by atoms with Crippen molar-refractivity contribution in [3.63, 3.8) is 0 Å². The summed E-state index contributed by atoms with van der Waals surface area (Å²) in [6.45, 7) is 0.477. The lowest BCUT2D eigenvalue weighted by Gasteiger charge is -2.16. The van der Waals surface area contributed by atoms with Crippen molar-refractivity contribution in [2.45, 2.75) is 13.8 Å². The van der Waals surface area contributed by atoms with Crippen LogP contribution in [0.15, 0.2) is 16.7 Å². The smallest absolute Gasteiger partial charge is 0.200 e. The van der Waals surface area contributed by atoms with Gasteiger partial charge in [-0.15, -0.1) is 0 Å². The van der Waals surface area contributed by atoms with Crippen LogP contribution in [-0.4, -0.2) is 0 Å². The molecule has 0 atom stereocenters. The fourth-order valence-corrected chi connectivity index (χ4v) is 7.68. The van der Waals surface area contributed by atoms with Crippen molar-refractivity contribution in [2.24, 2.45) is 0 Å². The van der Waals surface area contributed by atoms with Gasteiger partial charge in [-0.1, -0.05) is 0 Å². The van der Waals surface area contributed by atoms with Gasteiger partial charge in [0, 0.05) is 16.7 Å². The fourth-order valence-electron chi connectivity index (χ4n) is 7.68. The summed E-state index contributed by atoms with van der Waals surface area (Å²) in [5.74, 6) is -78.3. The molecule has 0 unspecified atom stereocenters. The zero-order valence-corrected chi connectivity index (χ0v) is 34.7. The third-order valence-corrected chi connectivity index (χ3v) is 11.1. The Kier molecular flexibility index (Phi) is 13.2. The molecular weight excluding hydrogens is 1070 g/mol. The van der Waals surface area contributed by atoms with E-state index in [9.17, 15) is 76.4 Å². The Bertz CT molecular complexity index is 3490. The average molecular weight is 1080 g/mol. The van der Waals surface area contributed by atoms with Crippen LogP contribution in [0.5, 0.6) is 0 Å². The Morgan fingerprint density at radius 2 is 0.432 bits per heavy atom. The van der Waals surface area contributed by atoms with Crippen LogP contribution in [0.4, 0.5) is 114 Å². The normalized spacial score (nSPS) is 14.4. The van der Waals surface area contributed by atoms with Crippen LogP contribution >= 0.6 is 0 Å². The number of nitrogens with zero attached hydrogens (tertiary/aromatic N) is 2. The molecule has 1 aliphatic rings. The third kappa shape index (κ3) is 7.26. The first kappa shape index (κ1) is 53.5. The molecule has 0 bridgehead atoms. The van der Waals surface area contributed by atoms with Gasteiger partial charge in [-0.05, 0) is 30.6 Å². The lowest BCUT2D eigenvalue weighted by Crippen LogP contribution is -2.11. The number of halogens is 26. The van der Waals surface area contributed by atoms with Crippen LogP contribution in [0, 0.1) is 181 Å². The molecule has 0 spiro atoms. The van der Waals surface area contributed by atoms with Gasteiger partial charge in [0.2, 0.25) is 17.5 Å². The predicted molar refractivity (Wildman–Crippen MR) is 197 cm³/mol. The highest BCUT2D eigenvalue weighted by Crippen LogP contribution is 2.58. The summed E-state index contributed by atoms with van der Waals surface area (Å²) in [5.41, 5.74) is -35.5. The van der Waals surface area contributed by atoms with Crippen molar-refractivity contribution < 1.29 is 114 Å². The highest BCUT2D eigenvalue weighted by atomic mass is 19.2. The average Bonchev–Trinajstić information content (AvgIpc) is 4.10. The van der Waals surface area contributed by atoms with E-state index in [2.05, 4.69) is 0 Å². The zero-order chi connectivity index (χ0) is 55.7. The summed E-state index contributed by atoms with van der Waals surface area (Å²) < 4.78 is 390. The molecule has 7 rings (SSSR count). The molecule has 2 nitrogen and oxygen atoms in total. The highest BCUT2D eigenvalue weighted by Gasteiger charge is 2.46. The van der Waals surface area contributed by atoms with Crippen LogP contribution in [0.3, 0.4) is 0 Å². The lowest BCUT2D eigenvalue weighted by molar-refractivity contribution is 0.379. The molecule has 6 aromatic rings. The SMILES string of the molecule is C/C(=C1\C(=C(C#N)c2c(F)c(F)c(-c3c(F)c(F)c(F)c(F)c3F)c(F)c2F)\C1=C(\C#N)c1c(F)c(F)c(-c2c(F)c(F)c(F)c(F)c2F)c(F)c1F)c1c(F)c(C)c(-c2c(F)c(F)c(F)c(F)c2F)c(F)c1F. The Morgan fingerprint density at radius 3 is 0.676 bits per heavy atom. The quantitative estimate of drug-likeness (QED) is 0.0722. The van der Waals surface area contributed by atoms with Gasteiger partial charge >= 0.3 is 0 Å². The van der Waals surface area contributed by atoms with Gasteiger partial charge in [-0.3, -0.25) is 0 Å². The topological polar surface area (TPSA) is 47.6 Å². The molecule has 0 saturated heterocycles. The fraction of sp³-hybridized carbons (Fsp3) is 0.0435. The Hall–Kier alpha value is -8.30. The van der Waals surface area contributed by atoms with Gasteiger partial charge in [0.15, 0.2) is 128 Å². The van der Waals surface area contributed by atoms with Gasteiger partial charge in [-0.25, -0.2) is 114 Å². The Morgan fingerprint density at radius 1 is 0.243 bits per heavy atom. The molecule has 28 heteroatoms. The minimum atomic E-state index is -3.19. The molecule has 6 aromatic carbocycles. The Labute approximate surface area is 390 Å². The summed E-state index contributed by atoms with van der Waals surface area (Å²) in [7, 11) is 0. The van der Waals surface area contributed by atoms with E-state index in [0.717, 1.165) is 12.1 Å². The van der Waals surface area contributed by atoms with Crippen LogP contribution < -0.4 is 0 Å². The summed E-state index contributed by atoms with van der Waals surface area (Å²) >= 11 is 0. The zero-order valence-electron chi connectivity index (χ0n) is 34.7. The van der Waals surface area contributed by atoms with Crippen LogP contribution in [0.2, 0.25) is 0 Å². The molecule has 1 fully saturated rings. The van der Waals surface area contributed by atoms with Crippen molar-refractivity contribution in [3.8, 4) is 45.5 Å². The highest BCUT2D eigenvalue weighted by molar-refractivity contribution is 6.10. The molecule has 0 radical (unpaired) electrons. The molecule has 382 valence electrons. The molecule has 1 saturated carbocycles. The minimum absolute atomic E-state index is 0.235. The summed E-state index contributed by atoms with van der Waals surface area (Å²) in [6, 6.07) is 1.49. The summed E-state index contributed by atoms with van der Waals surface area (Å²) in [5, 5.41) is 20.4. The second-order valence-electron chi connectivity index (χ2n) is 14.9. The van der Waals surface area contributed by atoms with Crippen LogP contribution in [0.25, 0.3) is 50.1 Å². The molecular formula is C46H6F26N2. The van der Waals surface area contributed by atoms with Crippen molar-refractivity contribution >= 4 is 16.7 Å². The first-order chi connectivity index (χ1) is 34.4. The number of nitriles is 2. The standard InChI is InChI=1S/C46H6F26N2/c1-5(11-21(47)6(2)10(22(48)23(11)49)16-32(58)38(64)44(70)39(65)33(16)59)9-12(7(3-73)14-24(50)28(54)17(29(55)25(14)51)19-34(60)40(66)45(71)41(67)35(19)61)13(9)8(4-74)15-26(52)30(56)18(31(57)27(15)53)20-36(62)42(68)46(72)43(69)37(20)63/h1-2H3/b9-5-,12-7?,13-8-. The van der Waals surface area contributed by atoms with E-state index in [-0.39, 0.29) is 13.8 Å². The first-order valence-electron chi connectivity index (χ1n) is 18.9. The maximum Gasteiger partial charge on any atom is 0.200 e. The van der Waals surface area contributed by atoms with Gasteiger partial charge < -0.3 is 0 Å². The van der Waals surface area contributed by atoms with Crippen molar-refractivity contribution in [3.05, 3.63) is 190 Å². The number of benzene rings is 6. The van der Waals surface area contributed by atoms with E-state index in [1.807, 2.05) is 0 Å². The van der Waals surface area contributed by atoms with Crippen LogP contribution in [-0.2, 0) is 0 Å². The number of hydrogen-bond acceptors (Lipinski definition) is 2. The third-order valence-electron chi connectivity index (χ3n) is 11.1. The molecule has 0 heterocycles. The first-order valence-corrected chi connectivity index (χ1v) is 18.9. The van der Waals surface area contributed by atoms with Gasteiger partial charge in [0.25, 0.3) is 0 Å². The Balaban J connectivity index is 1.65. The predicted octanol–water partition coefficient (Wildman–Crippen LogP) is 15.4. The summed E-state index contributed by atoms with van der Waals surface area (Å²) in [4.78, 5) is 0.